The van der Waals surface area contributed by atoms with E-state index in [-0.39, 0.29) is 43.1 Å². The minimum absolute atomic E-state index is 0.0141. The molecule has 1 aliphatic carbocycles. The number of urea groups is 1. The Hall–Kier alpha value is -8.05. The summed E-state index contributed by atoms with van der Waals surface area (Å²) >= 11 is 1.28. The Morgan fingerprint density at radius 2 is 1.42 bits per heavy atom. The van der Waals surface area contributed by atoms with E-state index >= 15 is 0 Å². The number of hydrogen-bond donors (Lipinski definition) is 3. The number of anilines is 2. The van der Waals surface area contributed by atoms with Crippen molar-refractivity contribution >= 4 is 45.9 Å². The van der Waals surface area contributed by atoms with E-state index in [1.54, 1.807) is 46.5 Å². The second-order valence-corrected chi connectivity index (χ2v) is 23.1. The van der Waals surface area contributed by atoms with Gasteiger partial charge in [-0.25, -0.2) is 14.5 Å². The summed E-state index contributed by atoms with van der Waals surface area (Å²) in [5.74, 6) is 1.24. The Morgan fingerprint density at radius 3 is 2.15 bits per heavy atom. The zero-order chi connectivity index (χ0) is 62.4. The molecule has 2 fully saturated rings. The number of allylic oxidation sites excluding steroid dienone is 2. The molecule has 5 amide bonds. The Bertz CT molecular complexity index is 3160. The van der Waals surface area contributed by atoms with Crippen molar-refractivity contribution in [3.63, 3.8) is 0 Å². The Balaban J connectivity index is 0.617. The van der Waals surface area contributed by atoms with Crippen LogP contribution in [0.25, 0.3) is 0 Å². The first-order valence-electron chi connectivity index (χ1n) is 30.9. The zero-order valence-corrected chi connectivity index (χ0v) is 52.4. The lowest BCUT2D eigenvalue weighted by Crippen LogP contribution is -2.47. The number of unbranched alkanes of at least 4 members (excludes halogenated alkanes) is 1. The minimum atomic E-state index is -0.758. The third-order valence-corrected chi connectivity index (χ3v) is 16.0. The van der Waals surface area contributed by atoms with Gasteiger partial charge in [-0.1, -0.05) is 103 Å². The van der Waals surface area contributed by atoms with Crippen molar-refractivity contribution < 1.29 is 42.9 Å². The molecule has 4 aromatic carbocycles. The molecule has 1 aliphatic heterocycles. The summed E-state index contributed by atoms with van der Waals surface area (Å²) in [6.07, 6.45) is 13.2. The number of carbonyl (C=O) groups is 4. The maximum atomic E-state index is 14.2. The molecule has 89 heavy (non-hydrogen) atoms. The topological polar surface area (TPSA) is 207 Å². The summed E-state index contributed by atoms with van der Waals surface area (Å²) in [6, 6.07) is 32.3. The average Bonchev–Trinajstić information content (AvgIpc) is 3.11. The van der Waals surface area contributed by atoms with Gasteiger partial charge < -0.3 is 53.9 Å². The lowest BCUT2D eigenvalue weighted by molar-refractivity contribution is -0.141. The van der Waals surface area contributed by atoms with Crippen LogP contribution in [0, 0.1) is 0 Å². The van der Waals surface area contributed by atoms with Gasteiger partial charge in [0.15, 0.2) is 5.13 Å². The van der Waals surface area contributed by atoms with Crippen LogP contribution in [-0.2, 0) is 60.8 Å². The summed E-state index contributed by atoms with van der Waals surface area (Å²) in [5, 5.41) is 19.3. The van der Waals surface area contributed by atoms with Gasteiger partial charge in [-0.2, -0.15) is 0 Å². The summed E-state index contributed by atoms with van der Waals surface area (Å²) < 4.78 is 31.0. The van der Waals surface area contributed by atoms with E-state index in [0.29, 0.717) is 108 Å². The van der Waals surface area contributed by atoms with Gasteiger partial charge in [-0.15, -0.1) is 16.4 Å². The first-order chi connectivity index (χ1) is 43.5. The monoisotopic (exact) mass is 1230 g/mol. The molecule has 21 heteroatoms. The van der Waals surface area contributed by atoms with Gasteiger partial charge in [0, 0.05) is 75.4 Å². The molecule has 3 N–H and O–H groups in total. The predicted molar refractivity (Wildman–Crippen MR) is 347 cm³/mol. The number of amides is 5. The molecular formula is C68H87N11O9S. The van der Waals surface area contributed by atoms with E-state index < -0.39 is 12.1 Å². The molecule has 6 aromatic rings. The van der Waals surface area contributed by atoms with Crippen LogP contribution in [0.1, 0.15) is 71.8 Å². The number of aromatic nitrogens is 4. The van der Waals surface area contributed by atoms with Crippen molar-refractivity contribution in [3.05, 3.63) is 185 Å². The van der Waals surface area contributed by atoms with Crippen LogP contribution in [0.2, 0.25) is 0 Å². The molecule has 3 heterocycles. The van der Waals surface area contributed by atoms with Crippen LogP contribution < -0.4 is 25.4 Å². The van der Waals surface area contributed by atoms with Crippen LogP contribution in [0.3, 0.4) is 0 Å². The number of likely N-dealkylation sites (N-methyl/N-ethyl adjacent to an activating group) is 2. The van der Waals surface area contributed by atoms with E-state index in [0.717, 1.165) is 92.0 Å². The van der Waals surface area contributed by atoms with Crippen molar-refractivity contribution in [1.29, 1.82) is 0 Å². The minimum Gasteiger partial charge on any atom is -0.494 e. The number of nitrogens with zero attached hydrogens (tertiary/aromatic N) is 8. The molecule has 1 saturated carbocycles. The molecule has 1 unspecified atom stereocenters. The highest BCUT2D eigenvalue weighted by molar-refractivity contribution is 7.14. The number of aryl methyl sites for hydroxylation is 1. The number of nitrogens with one attached hydrogen (secondary N) is 3. The largest absolute Gasteiger partial charge is 0.494 e. The third-order valence-electron chi connectivity index (χ3n) is 15.2. The van der Waals surface area contributed by atoms with Crippen molar-refractivity contribution in [1.82, 2.24) is 44.9 Å². The van der Waals surface area contributed by atoms with Crippen molar-refractivity contribution in [3.8, 4) is 11.5 Å². The van der Waals surface area contributed by atoms with Crippen LogP contribution in [0.4, 0.5) is 15.6 Å². The van der Waals surface area contributed by atoms with Gasteiger partial charge in [-0.3, -0.25) is 19.7 Å². The second kappa shape index (κ2) is 36.4. The highest BCUT2D eigenvalue weighted by atomic mass is 32.1. The molecule has 2 aliphatic rings. The van der Waals surface area contributed by atoms with Crippen molar-refractivity contribution in [2.45, 2.75) is 76.4 Å². The lowest BCUT2D eigenvalue weighted by atomic mass is 9.98. The Kier molecular flexibility index (Phi) is 27.4. The van der Waals surface area contributed by atoms with E-state index in [4.69, 9.17) is 23.7 Å². The molecule has 2 aromatic heterocycles. The van der Waals surface area contributed by atoms with Crippen LogP contribution in [0.5, 0.6) is 11.5 Å². The number of thiazole rings is 1. The maximum absolute atomic E-state index is 14.2. The first-order valence-corrected chi connectivity index (χ1v) is 31.8. The smallest absolute Gasteiger partial charge is 0.325 e. The number of ether oxygens (including phenoxy) is 5. The SMILES string of the molecule is C=C/C=C(\C=C)CNC(=O)C(c1ccc(Cc2ccccc2)cc1)N(C(=O)CCc1ccc(OCCCCN(C)CCOCCOCCc2cn(CCOCCOc3ccc(NC(=O)Nc4nc(CC(=O)N5CCN(C)CC5)cs4)cc3)nn2)cc1)C1CC1. The van der Waals surface area contributed by atoms with E-state index in [9.17, 15) is 19.2 Å². The van der Waals surface area contributed by atoms with Gasteiger partial charge >= 0.3 is 6.03 Å². The van der Waals surface area contributed by atoms with Gasteiger partial charge in [-0.05, 0) is 123 Å². The summed E-state index contributed by atoms with van der Waals surface area (Å²) in [7, 11) is 4.15. The van der Waals surface area contributed by atoms with Gasteiger partial charge in [0.25, 0.3) is 0 Å². The Labute approximate surface area is 527 Å². The second-order valence-electron chi connectivity index (χ2n) is 22.3. The summed E-state index contributed by atoms with van der Waals surface area (Å²) in [5.41, 5.74) is 7.09. The lowest BCUT2D eigenvalue weighted by Gasteiger charge is -2.32. The summed E-state index contributed by atoms with van der Waals surface area (Å²) in [4.78, 5) is 66.1. The van der Waals surface area contributed by atoms with E-state index in [1.807, 2.05) is 83.7 Å². The zero-order valence-electron chi connectivity index (χ0n) is 51.6. The summed E-state index contributed by atoms with van der Waals surface area (Å²) in [6.45, 7) is 17.4. The maximum Gasteiger partial charge on any atom is 0.325 e. The van der Waals surface area contributed by atoms with Gasteiger partial charge in [0.1, 0.15) is 24.1 Å². The van der Waals surface area contributed by atoms with Gasteiger partial charge in [0.05, 0.1) is 70.6 Å². The molecule has 1 saturated heterocycles. The van der Waals surface area contributed by atoms with Crippen LogP contribution in [0.15, 0.2) is 152 Å². The molecular weight excluding hydrogens is 1150 g/mol. The number of hydrogen-bond acceptors (Lipinski definition) is 15. The van der Waals surface area contributed by atoms with Crippen LogP contribution in [-0.4, -0.2) is 182 Å². The highest BCUT2D eigenvalue weighted by Crippen LogP contribution is 2.36. The molecule has 0 radical (unpaired) electrons. The molecule has 20 nitrogen and oxygen atoms in total. The normalized spacial score (nSPS) is 13.8. The predicted octanol–water partition coefficient (Wildman–Crippen LogP) is 8.83. The highest BCUT2D eigenvalue weighted by Gasteiger charge is 2.41. The fourth-order valence-corrected chi connectivity index (χ4v) is 10.7. The standard InChI is InChI=1S/C68H87N11O9S/c1-5-12-52(6-2)49-69-66(82)65(56-20-15-55(16-21-56)47-54-13-8-7-9-14-54)79(60-24-25-60)63(80)30-19-53-17-26-61(27-18-53)87-39-11-10-32-75(3)37-41-85-44-43-84-40-31-58-50-78(74-73-58)38-42-86-45-46-88-62-28-22-57(23-29-62)70-67(83)72-68-71-59(51-89-68)48-64(81)77-35-33-76(4)34-36-77/h5-9,12-18,20-23,26-29,50-51,60,65H,1-2,10-11,19,24-25,30-49H2,3-4H3,(H,69,82)(H2,70,71,72,83)/b52-12+. The van der Waals surface area contributed by atoms with Gasteiger partial charge in [0.2, 0.25) is 17.7 Å². The van der Waals surface area contributed by atoms with Crippen LogP contribution >= 0.6 is 11.3 Å². The van der Waals surface area contributed by atoms with E-state index in [1.165, 1.54) is 16.9 Å². The number of piperazine rings is 1. The fourth-order valence-electron chi connectivity index (χ4n) is 9.98. The molecule has 474 valence electrons. The Morgan fingerprint density at radius 1 is 0.730 bits per heavy atom. The molecule has 1 atom stereocenters. The quantitative estimate of drug-likeness (QED) is 0.0244. The average molecular weight is 1230 g/mol. The first kappa shape index (κ1) is 66.9. The molecule has 0 bridgehead atoms. The fraction of sp³-hybridized carbons (Fsp3) is 0.426. The number of benzene rings is 4. The van der Waals surface area contributed by atoms with Crippen molar-refractivity contribution in [2.75, 3.05) is 123 Å². The number of carbonyl (C=O) groups excluding carboxylic acids is 4. The number of rotatable bonds is 39. The van der Waals surface area contributed by atoms with Crippen molar-refractivity contribution in [2.24, 2.45) is 0 Å². The molecule has 0 spiro atoms. The van der Waals surface area contributed by atoms with E-state index in [2.05, 4.69) is 85.5 Å². The molecule has 8 rings (SSSR count). The third kappa shape index (κ3) is 23.4.